The Labute approximate surface area is 204 Å². The summed E-state index contributed by atoms with van der Waals surface area (Å²) in [5, 5.41) is 14.4. The summed E-state index contributed by atoms with van der Waals surface area (Å²) < 4.78 is 5.65. The molecule has 1 aliphatic rings. The molecule has 1 unspecified atom stereocenters. The van der Waals surface area contributed by atoms with Crippen LogP contribution in [0.1, 0.15) is 42.9 Å². The molecular formula is C28H28N2O5. The molecule has 2 atom stereocenters. The third kappa shape index (κ3) is 5.04. The lowest BCUT2D eigenvalue weighted by Crippen LogP contribution is -2.56. The van der Waals surface area contributed by atoms with Crippen LogP contribution in [0.3, 0.4) is 0 Å². The zero-order valence-corrected chi connectivity index (χ0v) is 19.7. The van der Waals surface area contributed by atoms with E-state index < -0.39 is 29.6 Å². The van der Waals surface area contributed by atoms with E-state index in [2.05, 4.69) is 22.8 Å². The number of benzene rings is 3. The predicted molar refractivity (Wildman–Crippen MR) is 132 cm³/mol. The summed E-state index contributed by atoms with van der Waals surface area (Å²) in [6.07, 6.45) is -0.971. The second-order valence-electron chi connectivity index (χ2n) is 8.91. The lowest BCUT2D eigenvalue weighted by atomic mass is 9.90. The number of carbonyl (C=O) groups is 3. The van der Waals surface area contributed by atoms with Crippen molar-refractivity contribution in [3.05, 3.63) is 95.6 Å². The molecule has 2 amide bonds. The minimum absolute atomic E-state index is 0.111. The highest BCUT2D eigenvalue weighted by atomic mass is 16.5. The van der Waals surface area contributed by atoms with Gasteiger partial charge < -0.3 is 20.5 Å². The molecule has 1 aliphatic carbocycles. The Morgan fingerprint density at radius 2 is 1.46 bits per heavy atom. The van der Waals surface area contributed by atoms with E-state index in [0.717, 1.165) is 22.3 Å². The maximum atomic E-state index is 13.2. The molecule has 3 N–H and O–H groups in total. The first-order valence-corrected chi connectivity index (χ1v) is 11.5. The Balaban J connectivity index is 1.51. The van der Waals surface area contributed by atoms with Gasteiger partial charge in [-0.2, -0.15) is 0 Å². The van der Waals surface area contributed by atoms with E-state index in [0.29, 0.717) is 5.56 Å². The number of carbonyl (C=O) groups excluding carboxylic acids is 2. The van der Waals surface area contributed by atoms with Crippen molar-refractivity contribution in [2.24, 2.45) is 0 Å². The lowest BCUT2D eigenvalue weighted by Gasteiger charge is -2.31. The molecule has 180 valence electrons. The van der Waals surface area contributed by atoms with Crippen LogP contribution in [0.25, 0.3) is 11.1 Å². The number of rotatable bonds is 8. The first-order valence-electron chi connectivity index (χ1n) is 11.5. The van der Waals surface area contributed by atoms with Crippen molar-refractivity contribution in [2.75, 3.05) is 6.61 Å². The minimum atomic E-state index is -1.46. The maximum absolute atomic E-state index is 13.2. The molecule has 0 saturated carbocycles. The fraction of sp³-hybridized carbons (Fsp3) is 0.250. The SMILES string of the molecule is C[C@H](CC(=O)O)NC(=O)C(C)(NC(=O)OCC1c2ccccc2-c2ccccc21)c1ccccc1. The topological polar surface area (TPSA) is 105 Å². The summed E-state index contributed by atoms with van der Waals surface area (Å²) in [5.74, 6) is -1.66. The summed E-state index contributed by atoms with van der Waals surface area (Å²) in [7, 11) is 0. The van der Waals surface area contributed by atoms with Crippen molar-refractivity contribution in [3.63, 3.8) is 0 Å². The van der Waals surface area contributed by atoms with Gasteiger partial charge in [-0.3, -0.25) is 9.59 Å². The van der Waals surface area contributed by atoms with E-state index in [1.165, 1.54) is 0 Å². The molecule has 3 aromatic carbocycles. The van der Waals surface area contributed by atoms with Crippen molar-refractivity contribution in [2.45, 2.75) is 37.8 Å². The highest BCUT2D eigenvalue weighted by molar-refractivity contribution is 5.91. The molecule has 0 radical (unpaired) electrons. The number of ether oxygens (including phenoxy) is 1. The van der Waals surface area contributed by atoms with Gasteiger partial charge in [0.1, 0.15) is 12.1 Å². The third-order valence-electron chi connectivity index (χ3n) is 6.36. The molecule has 0 spiro atoms. The van der Waals surface area contributed by atoms with Gasteiger partial charge in [-0.25, -0.2) is 4.79 Å². The van der Waals surface area contributed by atoms with Crippen LogP contribution < -0.4 is 10.6 Å². The van der Waals surface area contributed by atoms with Gasteiger partial charge in [0.2, 0.25) is 5.91 Å². The number of carboxylic acid groups (broad SMARTS) is 1. The average Bonchev–Trinajstić information content (AvgIpc) is 3.16. The first kappa shape index (κ1) is 24.0. The number of carboxylic acids is 1. The van der Waals surface area contributed by atoms with Crippen molar-refractivity contribution in [1.29, 1.82) is 0 Å². The third-order valence-corrected chi connectivity index (χ3v) is 6.36. The van der Waals surface area contributed by atoms with E-state index in [-0.39, 0.29) is 18.9 Å². The molecule has 0 saturated heterocycles. The van der Waals surface area contributed by atoms with Crippen LogP contribution in [0, 0.1) is 0 Å². The average molecular weight is 473 g/mol. The monoisotopic (exact) mass is 472 g/mol. The number of alkyl carbamates (subject to hydrolysis) is 1. The number of fused-ring (bicyclic) bond motifs is 3. The quantitative estimate of drug-likeness (QED) is 0.450. The molecule has 35 heavy (non-hydrogen) atoms. The van der Waals surface area contributed by atoms with Crippen LogP contribution in [0.15, 0.2) is 78.9 Å². The van der Waals surface area contributed by atoms with Crippen molar-refractivity contribution < 1.29 is 24.2 Å². The van der Waals surface area contributed by atoms with Gasteiger partial charge in [0, 0.05) is 12.0 Å². The van der Waals surface area contributed by atoms with Crippen LogP contribution in [0.4, 0.5) is 4.79 Å². The predicted octanol–water partition coefficient (Wildman–Crippen LogP) is 4.42. The molecule has 0 bridgehead atoms. The van der Waals surface area contributed by atoms with Crippen LogP contribution in [-0.2, 0) is 19.9 Å². The van der Waals surface area contributed by atoms with E-state index >= 15 is 0 Å². The largest absolute Gasteiger partial charge is 0.481 e. The summed E-state index contributed by atoms with van der Waals surface area (Å²) in [6.45, 7) is 3.29. The molecule has 3 aromatic rings. The number of aliphatic carboxylic acids is 1. The fourth-order valence-electron chi connectivity index (χ4n) is 4.55. The van der Waals surface area contributed by atoms with Crippen LogP contribution in [-0.4, -0.2) is 35.7 Å². The second-order valence-corrected chi connectivity index (χ2v) is 8.91. The Morgan fingerprint density at radius 1 is 0.914 bits per heavy atom. The summed E-state index contributed by atoms with van der Waals surface area (Å²) in [6, 6.07) is 24.3. The van der Waals surface area contributed by atoms with Crippen LogP contribution >= 0.6 is 0 Å². The van der Waals surface area contributed by atoms with Crippen LogP contribution in [0.2, 0.25) is 0 Å². The van der Waals surface area contributed by atoms with Gasteiger partial charge in [0.05, 0.1) is 6.42 Å². The molecule has 0 fully saturated rings. The summed E-state index contributed by atoms with van der Waals surface area (Å²) in [4.78, 5) is 37.2. The number of amides is 2. The Morgan fingerprint density at radius 3 is 2.03 bits per heavy atom. The Hall–Kier alpha value is -4.13. The zero-order chi connectivity index (χ0) is 25.0. The first-order chi connectivity index (χ1) is 16.8. The normalized spacial score (nSPS) is 14.7. The summed E-state index contributed by atoms with van der Waals surface area (Å²) in [5.41, 5.74) is 3.51. The lowest BCUT2D eigenvalue weighted by molar-refractivity contribution is -0.137. The molecular weight excluding hydrogens is 444 g/mol. The van der Waals surface area contributed by atoms with Crippen molar-refractivity contribution >= 4 is 18.0 Å². The molecule has 4 rings (SSSR count). The molecule has 7 nitrogen and oxygen atoms in total. The highest BCUT2D eigenvalue weighted by Gasteiger charge is 2.38. The molecule has 0 aromatic heterocycles. The fourth-order valence-corrected chi connectivity index (χ4v) is 4.55. The highest BCUT2D eigenvalue weighted by Crippen LogP contribution is 2.44. The maximum Gasteiger partial charge on any atom is 0.408 e. The Kier molecular flexibility index (Phi) is 6.87. The second kappa shape index (κ2) is 10.0. The minimum Gasteiger partial charge on any atom is -0.481 e. The van der Waals surface area contributed by atoms with E-state index in [4.69, 9.17) is 9.84 Å². The van der Waals surface area contributed by atoms with Crippen molar-refractivity contribution in [1.82, 2.24) is 10.6 Å². The number of nitrogens with one attached hydrogen (secondary N) is 2. The number of hydrogen-bond donors (Lipinski definition) is 3. The molecule has 0 aliphatic heterocycles. The van der Waals surface area contributed by atoms with Crippen LogP contribution in [0.5, 0.6) is 0 Å². The number of hydrogen-bond acceptors (Lipinski definition) is 4. The van der Waals surface area contributed by atoms with Gasteiger partial charge in [-0.05, 0) is 41.7 Å². The molecule has 7 heteroatoms. The van der Waals surface area contributed by atoms with E-state index in [1.807, 2.05) is 42.5 Å². The van der Waals surface area contributed by atoms with Gasteiger partial charge in [-0.1, -0.05) is 78.9 Å². The van der Waals surface area contributed by atoms with Gasteiger partial charge in [-0.15, -0.1) is 0 Å². The zero-order valence-electron chi connectivity index (χ0n) is 19.7. The van der Waals surface area contributed by atoms with Crippen molar-refractivity contribution in [3.8, 4) is 11.1 Å². The summed E-state index contributed by atoms with van der Waals surface area (Å²) >= 11 is 0. The van der Waals surface area contributed by atoms with E-state index in [1.54, 1.807) is 38.1 Å². The molecule has 0 heterocycles. The van der Waals surface area contributed by atoms with Gasteiger partial charge in [0.25, 0.3) is 0 Å². The Bertz CT molecular complexity index is 1200. The van der Waals surface area contributed by atoms with Gasteiger partial charge >= 0.3 is 12.1 Å². The standard InChI is InChI=1S/C28H28N2O5/c1-18(16-25(31)32)29-26(33)28(2,19-10-4-3-5-11-19)30-27(34)35-17-24-22-14-8-6-12-20(22)21-13-7-9-15-23(21)24/h3-15,18,24H,16-17H2,1-2H3,(H,29,33)(H,30,34)(H,31,32)/t18-,28?/m1/s1. The van der Waals surface area contributed by atoms with Gasteiger partial charge in [0.15, 0.2) is 0 Å². The smallest absolute Gasteiger partial charge is 0.408 e. The van der Waals surface area contributed by atoms with E-state index in [9.17, 15) is 14.4 Å².